The van der Waals surface area contributed by atoms with Crippen LogP contribution in [0.5, 0.6) is 0 Å². The van der Waals surface area contributed by atoms with Crippen molar-refractivity contribution in [1.82, 2.24) is 9.88 Å². The molecule has 1 N–H and O–H groups in total. The lowest BCUT2D eigenvalue weighted by atomic mass is 9.95. The van der Waals surface area contributed by atoms with E-state index in [-0.39, 0.29) is 29.5 Å². The van der Waals surface area contributed by atoms with Crippen LogP contribution in [-0.2, 0) is 6.54 Å². The highest BCUT2D eigenvalue weighted by molar-refractivity contribution is 6.13. The third-order valence-corrected chi connectivity index (χ3v) is 5.45. The summed E-state index contributed by atoms with van der Waals surface area (Å²) in [6, 6.07) is 20.0. The zero-order valence-electron chi connectivity index (χ0n) is 16.7. The molecular formula is C25H20N2O4. The Morgan fingerprint density at radius 3 is 2.32 bits per heavy atom. The van der Waals surface area contributed by atoms with Crippen LogP contribution >= 0.6 is 0 Å². The Kier molecular flexibility index (Phi) is 4.88. The predicted molar refractivity (Wildman–Crippen MR) is 114 cm³/mol. The number of nitrogens with zero attached hydrogens (tertiary/aromatic N) is 1. The predicted octanol–water partition coefficient (Wildman–Crippen LogP) is 4.89. The molecule has 0 fully saturated rings. The molecule has 5 rings (SSSR count). The second-order valence-corrected chi connectivity index (χ2v) is 7.36. The first kappa shape index (κ1) is 18.9. The summed E-state index contributed by atoms with van der Waals surface area (Å²) >= 11 is 0. The van der Waals surface area contributed by atoms with E-state index in [1.54, 1.807) is 24.3 Å². The third-order valence-electron chi connectivity index (χ3n) is 5.45. The zero-order chi connectivity index (χ0) is 21.2. The quantitative estimate of drug-likeness (QED) is 0.417. The van der Waals surface area contributed by atoms with E-state index in [2.05, 4.69) is 5.32 Å². The summed E-state index contributed by atoms with van der Waals surface area (Å²) in [7, 11) is 0. The molecule has 0 saturated carbocycles. The Morgan fingerprint density at radius 1 is 0.871 bits per heavy atom. The number of rotatable bonds is 8. The molecule has 0 amide bonds. The summed E-state index contributed by atoms with van der Waals surface area (Å²) < 4.78 is 12.6. The number of carbonyl (C=O) groups excluding carboxylic acids is 2. The van der Waals surface area contributed by atoms with Crippen molar-refractivity contribution < 1.29 is 18.4 Å². The van der Waals surface area contributed by atoms with Crippen molar-refractivity contribution in [3.05, 3.63) is 114 Å². The van der Waals surface area contributed by atoms with Gasteiger partial charge in [0.05, 0.1) is 35.5 Å². The monoisotopic (exact) mass is 412 g/mol. The van der Waals surface area contributed by atoms with E-state index in [1.165, 1.54) is 12.5 Å². The van der Waals surface area contributed by atoms with Crippen LogP contribution in [0.25, 0.3) is 5.70 Å². The van der Waals surface area contributed by atoms with E-state index < -0.39 is 6.04 Å². The Morgan fingerprint density at radius 2 is 1.61 bits per heavy atom. The number of ketones is 2. The van der Waals surface area contributed by atoms with Crippen LogP contribution in [0.1, 0.15) is 44.8 Å². The highest BCUT2D eigenvalue weighted by Gasteiger charge is 2.37. The van der Waals surface area contributed by atoms with Crippen molar-refractivity contribution in [3.8, 4) is 0 Å². The molecule has 3 aromatic heterocycles. The van der Waals surface area contributed by atoms with Gasteiger partial charge in [0.1, 0.15) is 0 Å². The molecular weight excluding hydrogens is 392 g/mol. The first-order valence-electron chi connectivity index (χ1n) is 10.1. The summed E-state index contributed by atoms with van der Waals surface area (Å²) in [4.78, 5) is 26.3. The van der Waals surface area contributed by atoms with E-state index in [0.29, 0.717) is 17.8 Å². The van der Waals surface area contributed by atoms with Gasteiger partial charge in [-0.25, -0.2) is 0 Å². The van der Waals surface area contributed by atoms with Gasteiger partial charge in [-0.2, -0.15) is 0 Å². The van der Waals surface area contributed by atoms with Crippen molar-refractivity contribution in [2.75, 3.05) is 0 Å². The first-order chi connectivity index (χ1) is 15.2. The fraction of sp³-hybridized carbons (Fsp3) is 0.120. The van der Waals surface area contributed by atoms with Gasteiger partial charge in [-0.1, -0.05) is 30.3 Å². The van der Waals surface area contributed by atoms with Crippen LogP contribution < -0.4 is 5.32 Å². The lowest BCUT2D eigenvalue weighted by Gasteiger charge is -2.16. The highest BCUT2D eigenvalue weighted by Crippen LogP contribution is 2.40. The van der Waals surface area contributed by atoms with Gasteiger partial charge in [0.25, 0.3) is 0 Å². The number of benzene rings is 1. The van der Waals surface area contributed by atoms with Crippen LogP contribution in [-0.4, -0.2) is 16.1 Å². The lowest BCUT2D eigenvalue weighted by Crippen LogP contribution is -2.19. The summed E-state index contributed by atoms with van der Waals surface area (Å²) in [6.45, 7) is 0.551. The maximum absolute atomic E-state index is 13.4. The van der Waals surface area contributed by atoms with Gasteiger partial charge in [-0.3, -0.25) is 9.59 Å². The number of nitrogens with one attached hydrogen (secondary N) is 1. The number of Topliss-reactive ketones (excluding diaryl/α,β-unsaturated/α-hetero) is 2. The third kappa shape index (κ3) is 3.53. The maximum atomic E-state index is 13.4. The van der Waals surface area contributed by atoms with Gasteiger partial charge in [-0.05, 0) is 42.0 Å². The molecule has 154 valence electrons. The number of carbonyl (C=O) groups is 2. The summed E-state index contributed by atoms with van der Waals surface area (Å²) in [5, 5.41) is 3.43. The van der Waals surface area contributed by atoms with Gasteiger partial charge in [0.2, 0.25) is 5.78 Å². The molecule has 0 aliphatic carbocycles. The number of furan rings is 2. The zero-order valence-corrected chi connectivity index (χ0v) is 16.7. The van der Waals surface area contributed by atoms with Crippen LogP contribution in [0.15, 0.2) is 99.9 Å². The smallest absolute Gasteiger partial charge is 0.228 e. The van der Waals surface area contributed by atoms with E-state index in [1.807, 2.05) is 53.2 Å². The van der Waals surface area contributed by atoms with E-state index in [9.17, 15) is 9.59 Å². The molecule has 6 heteroatoms. The molecule has 31 heavy (non-hydrogen) atoms. The number of hydrogen-bond acceptors (Lipinski definition) is 5. The molecule has 4 aromatic rings. The van der Waals surface area contributed by atoms with E-state index in [0.717, 1.165) is 11.3 Å². The SMILES string of the molecule is O=C(CC1C(C(=O)c2ccco2)=C(NCc2ccccc2)c2cccn21)c1ccco1. The Labute approximate surface area is 178 Å². The minimum atomic E-state index is -0.460. The van der Waals surface area contributed by atoms with E-state index >= 15 is 0 Å². The fourth-order valence-electron chi connectivity index (χ4n) is 4.01. The number of allylic oxidation sites excluding steroid dienone is 1. The van der Waals surface area contributed by atoms with Gasteiger partial charge in [0.15, 0.2) is 17.3 Å². The standard InChI is InChI=1S/C25H20N2O4/c28-20(21-10-5-13-30-21)15-19-23(25(29)22-11-6-14-31-22)24(18-9-4-12-27(18)19)26-16-17-7-2-1-3-8-17/h1-14,19,26H,15-16H2. The molecule has 1 aromatic carbocycles. The minimum absolute atomic E-state index is 0.105. The fourth-order valence-corrected chi connectivity index (χ4v) is 4.01. The summed E-state index contributed by atoms with van der Waals surface area (Å²) in [6.07, 6.45) is 4.94. The molecule has 1 aliphatic rings. The van der Waals surface area contributed by atoms with Gasteiger partial charge in [0, 0.05) is 19.2 Å². The molecule has 0 radical (unpaired) electrons. The van der Waals surface area contributed by atoms with Crippen molar-refractivity contribution >= 4 is 17.3 Å². The molecule has 6 nitrogen and oxygen atoms in total. The van der Waals surface area contributed by atoms with E-state index in [4.69, 9.17) is 8.83 Å². The Hall–Kier alpha value is -4.06. The van der Waals surface area contributed by atoms with Crippen LogP contribution in [0.2, 0.25) is 0 Å². The normalized spacial score (nSPS) is 15.2. The average Bonchev–Trinajstić information content (AvgIpc) is 3.59. The molecule has 0 saturated heterocycles. The van der Waals surface area contributed by atoms with Crippen molar-refractivity contribution in [3.63, 3.8) is 0 Å². The molecule has 1 aliphatic heterocycles. The van der Waals surface area contributed by atoms with Gasteiger partial charge < -0.3 is 18.7 Å². The summed E-state index contributed by atoms with van der Waals surface area (Å²) in [5.74, 6) is 0.129. The van der Waals surface area contributed by atoms with Crippen molar-refractivity contribution in [2.24, 2.45) is 0 Å². The molecule has 4 heterocycles. The van der Waals surface area contributed by atoms with Gasteiger partial charge in [-0.15, -0.1) is 0 Å². The molecule has 1 atom stereocenters. The van der Waals surface area contributed by atoms with Crippen LogP contribution in [0, 0.1) is 0 Å². The number of fused-ring (bicyclic) bond motifs is 1. The second-order valence-electron chi connectivity index (χ2n) is 7.36. The molecule has 0 bridgehead atoms. The number of aromatic nitrogens is 1. The summed E-state index contributed by atoms with van der Waals surface area (Å²) in [5.41, 5.74) is 3.19. The van der Waals surface area contributed by atoms with Crippen molar-refractivity contribution in [1.29, 1.82) is 0 Å². The highest BCUT2D eigenvalue weighted by atomic mass is 16.3. The average molecular weight is 412 g/mol. The topological polar surface area (TPSA) is 77.4 Å². The largest absolute Gasteiger partial charge is 0.461 e. The Bertz CT molecular complexity index is 1230. The van der Waals surface area contributed by atoms with Crippen LogP contribution in [0.3, 0.4) is 0 Å². The van der Waals surface area contributed by atoms with Crippen molar-refractivity contribution in [2.45, 2.75) is 19.0 Å². The number of hydrogen-bond donors (Lipinski definition) is 1. The Balaban J connectivity index is 1.54. The second kappa shape index (κ2) is 7.99. The molecule has 0 spiro atoms. The van der Waals surface area contributed by atoms with Crippen LogP contribution in [0.4, 0.5) is 0 Å². The van der Waals surface area contributed by atoms with Gasteiger partial charge >= 0.3 is 0 Å². The molecule has 1 unspecified atom stereocenters. The minimum Gasteiger partial charge on any atom is -0.461 e. The maximum Gasteiger partial charge on any atom is 0.228 e. The first-order valence-corrected chi connectivity index (χ1v) is 10.1. The lowest BCUT2D eigenvalue weighted by molar-refractivity contribution is 0.0935.